The predicted octanol–water partition coefficient (Wildman–Crippen LogP) is 8.99. The Morgan fingerprint density at radius 3 is 0.955 bits per heavy atom. The first-order valence-electron chi connectivity index (χ1n) is 10.5. The van der Waals surface area contributed by atoms with Crippen LogP contribution in [0.3, 0.4) is 0 Å². The van der Waals surface area contributed by atoms with Crippen LogP contribution in [-0.4, -0.2) is 0 Å². The fourth-order valence-corrected chi connectivity index (χ4v) is 2.66. The molecule has 1 aliphatic carbocycles. The van der Waals surface area contributed by atoms with Crippen LogP contribution in [0.5, 0.6) is 0 Å². The minimum atomic E-state index is 0.880. The Morgan fingerprint density at radius 2 is 0.864 bits per heavy atom. The van der Waals surface area contributed by atoms with Crippen molar-refractivity contribution < 1.29 is 0 Å². The van der Waals surface area contributed by atoms with E-state index in [0.717, 1.165) is 23.7 Å². The fourth-order valence-electron chi connectivity index (χ4n) is 2.66. The van der Waals surface area contributed by atoms with Gasteiger partial charge in [0, 0.05) is 0 Å². The van der Waals surface area contributed by atoms with E-state index in [1.54, 1.807) is 0 Å². The summed E-state index contributed by atoms with van der Waals surface area (Å²) in [4.78, 5) is 0. The normalized spacial score (nSPS) is 19.4. The standard InChI is InChI=1S/C8H16.C8H18.3C2H6/c1-7-3-5-8(2)6-4-7;1-5-8(6-2)7(3)4;3*1-2/h7-8H,3-6H2,1-2H3;7-8H,5-6H2,1-4H3;3*1-2H3. The van der Waals surface area contributed by atoms with Gasteiger partial charge in [-0.1, -0.05) is 122 Å². The van der Waals surface area contributed by atoms with Crippen LogP contribution in [0.2, 0.25) is 0 Å². The summed E-state index contributed by atoms with van der Waals surface area (Å²) in [6, 6.07) is 0. The number of hydrogen-bond acceptors (Lipinski definition) is 0. The Labute approximate surface area is 145 Å². The molecule has 0 N–H and O–H groups in total. The highest BCUT2D eigenvalue weighted by atomic mass is 14.2. The Morgan fingerprint density at radius 1 is 0.636 bits per heavy atom. The average molecular weight is 317 g/mol. The van der Waals surface area contributed by atoms with Crippen molar-refractivity contribution in [2.24, 2.45) is 23.7 Å². The summed E-state index contributed by atoms with van der Waals surface area (Å²) in [6.45, 7) is 25.9. The van der Waals surface area contributed by atoms with E-state index in [1.165, 1.54) is 38.5 Å². The van der Waals surface area contributed by atoms with Crippen LogP contribution in [0, 0.1) is 23.7 Å². The van der Waals surface area contributed by atoms with Gasteiger partial charge in [0.25, 0.3) is 0 Å². The van der Waals surface area contributed by atoms with Crippen molar-refractivity contribution in [2.75, 3.05) is 0 Å². The quantitative estimate of drug-likeness (QED) is 0.487. The Bertz CT molecular complexity index is 126. The molecule has 1 rings (SSSR count). The molecule has 140 valence electrons. The van der Waals surface area contributed by atoms with E-state index in [2.05, 4.69) is 41.5 Å². The molecule has 0 unspecified atom stereocenters. The van der Waals surface area contributed by atoms with E-state index >= 15 is 0 Å². The third kappa shape index (κ3) is 22.3. The molecule has 0 aromatic heterocycles. The highest BCUT2D eigenvalue weighted by molar-refractivity contribution is 4.65. The molecule has 0 amide bonds. The zero-order chi connectivity index (χ0) is 18.6. The van der Waals surface area contributed by atoms with Crippen LogP contribution in [0.25, 0.3) is 0 Å². The van der Waals surface area contributed by atoms with Crippen molar-refractivity contribution in [3.8, 4) is 0 Å². The maximum absolute atomic E-state index is 2.37. The monoisotopic (exact) mass is 316 g/mol. The van der Waals surface area contributed by atoms with Gasteiger partial charge in [0.2, 0.25) is 0 Å². The van der Waals surface area contributed by atoms with E-state index in [-0.39, 0.29) is 0 Å². The molecule has 1 saturated carbocycles. The summed E-state index contributed by atoms with van der Waals surface area (Å²) < 4.78 is 0. The van der Waals surface area contributed by atoms with Gasteiger partial charge in [-0.3, -0.25) is 0 Å². The first-order valence-corrected chi connectivity index (χ1v) is 10.5. The molecule has 22 heavy (non-hydrogen) atoms. The van der Waals surface area contributed by atoms with Gasteiger partial charge >= 0.3 is 0 Å². The van der Waals surface area contributed by atoms with E-state index in [1.807, 2.05) is 41.5 Å². The molecule has 0 nitrogen and oxygen atoms in total. The van der Waals surface area contributed by atoms with E-state index in [4.69, 9.17) is 0 Å². The minimum absolute atomic E-state index is 0.880. The molecule has 1 aliphatic rings. The molecule has 0 saturated heterocycles. The highest BCUT2D eigenvalue weighted by Gasteiger charge is 2.13. The lowest BCUT2D eigenvalue weighted by Crippen LogP contribution is -2.08. The molecule has 0 heterocycles. The molecule has 0 aliphatic heterocycles. The van der Waals surface area contributed by atoms with Crippen LogP contribution in [0.15, 0.2) is 0 Å². The van der Waals surface area contributed by atoms with Gasteiger partial charge in [-0.05, 0) is 23.7 Å². The summed E-state index contributed by atoms with van der Waals surface area (Å²) >= 11 is 0. The maximum Gasteiger partial charge on any atom is -0.0396 e. The number of hydrogen-bond donors (Lipinski definition) is 0. The second kappa shape index (κ2) is 25.9. The predicted molar refractivity (Wildman–Crippen MR) is 110 cm³/mol. The van der Waals surface area contributed by atoms with Gasteiger partial charge in [0.05, 0.1) is 0 Å². The summed E-state index contributed by atoms with van der Waals surface area (Å²) in [5.74, 6) is 3.87. The van der Waals surface area contributed by atoms with Crippen LogP contribution < -0.4 is 0 Å². The molecular weight excluding hydrogens is 264 g/mol. The van der Waals surface area contributed by atoms with Crippen molar-refractivity contribution in [3.05, 3.63) is 0 Å². The smallest absolute Gasteiger partial charge is 0.0396 e. The zero-order valence-electron chi connectivity index (χ0n) is 18.6. The Hall–Kier alpha value is 0. The van der Waals surface area contributed by atoms with E-state index in [0.29, 0.717) is 0 Å². The zero-order valence-corrected chi connectivity index (χ0v) is 18.6. The molecule has 0 radical (unpaired) electrons. The van der Waals surface area contributed by atoms with Crippen LogP contribution in [-0.2, 0) is 0 Å². The topological polar surface area (TPSA) is 0 Å². The summed E-state index contributed by atoms with van der Waals surface area (Å²) in [6.07, 6.45) is 8.58. The van der Waals surface area contributed by atoms with Crippen LogP contribution >= 0.6 is 0 Å². The lowest BCUT2D eigenvalue weighted by molar-refractivity contribution is 0.308. The van der Waals surface area contributed by atoms with Crippen molar-refractivity contribution in [3.63, 3.8) is 0 Å². The molecule has 0 heteroatoms. The molecule has 0 aromatic carbocycles. The van der Waals surface area contributed by atoms with Crippen molar-refractivity contribution >= 4 is 0 Å². The second-order valence-electron chi connectivity index (χ2n) is 6.19. The maximum atomic E-state index is 2.37. The first kappa shape index (κ1) is 29.9. The molecule has 0 bridgehead atoms. The third-order valence-corrected chi connectivity index (χ3v) is 4.30. The lowest BCUT2D eigenvalue weighted by Gasteiger charge is -2.22. The summed E-state index contributed by atoms with van der Waals surface area (Å²) in [5.41, 5.74) is 0. The van der Waals surface area contributed by atoms with Gasteiger partial charge < -0.3 is 0 Å². The van der Waals surface area contributed by atoms with Crippen LogP contribution in [0.4, 0.5) is 0 Å². The van der Waals surface area contributed by atoms with Gasteiger partial charge in [0.15, 0.2) is 0 Å². The molecule has 1 fully saturated rings. The van der Waals surface area contributed by atoms with Crippen LogP contribution in [0.1, 0.15) is 122 Å². The van der Waals surface area contributed by atoms with Crippen molar-refractivity contribution in [2.45, 2.75) is 122 Å². The van der Waals surface area contributed by atoms with Crippen molar-refractivity contribution in [1.29, 1.82) is 0 Å². The van der Waals surface area contributed by atoms with Gasteiger partial charge in [-0.15, -0.1) is 0 Å². The molecule has 0 atom stereocenters. The summed E-state index contributed by atoms with van der Waals surface area (Å²) in [7, 11) is 0. The average Bonchev–Trinajstić information content (AvgIpc) is 2.57. The Balaban J connectivity index is -0.000000110. The largest absolute Gasteiger partial charge is 0.0683 e. The third-order valence-electron chi connectivity index (χ3n) is 4.30. The highest BCUT2D eigenvalue weighted by Crippen LogP contribution is 2.27. The molecule has 0 spiro atoms. The van der Waals surface area contributed by atoms with E-state index < -0.39 is 0 Å². The van der Waals surface area contributed by atoms with Gasteiger partial charge in [-0.25, -0.2) is 0 Å². The molecule has 0 aromatic rings. The van der Waals surface area contributed by atoms with Gasteiger partial charge in [-0.2, -0.15) is 0 Å². The Kier molecular flexibility index (Phi) is 35.3. The first-order chi connectivity index (χ1) is 10.5. The lowest BCUT2D eigenvalue weighted by atomic mass is 9.84. The SMILES string of the molecule is CC.CC.CC.CC1CCC(C)CC1.CCC(CC)C(C)C. The minimum Gasteiger partial charge on any atom is -0.0683 e. The van der Waals surface area contributed by atoms with Gasteiger partial charge in [0.1, 0.15) is 0 Å². The summed E-state index contributed by atoms with van der Waals surface area (Å²) in [5, 5.41) is 0. The van der Waals surface area contributed by atoms with E-state index in [9.17, 15) is 0 Å². The number of rotatable bonds is 3. The second-order valence-corrected chi connectivity index (χ2v) is 6.19. The molecular formula is C22H52. The fraction of sp³-hybridized carbons (Fsp3) is 1.00. The van der Waals surface area contributed by atoms with Crippen molar-refractivity contribution in [1.82, 2.24) is 0 Å².